The SMILES string of the molecule is O=c1c2c(-c3ccccc3)nc3n2c2ccccc2n1CCCCCCCCCCn1c(=O)c2c(-c4ccccc4)nc(n2c2ccccc21)-c1ccc[n+](c1)Cc1cccc(c1)C[n+]1cccc-3c1. The Hall–Kier alpha value is -8.24. The minimum atomic E-state index is -0.0217. The smallest absolute Gasteiger partial charge is 0.277 e. The largest absolute Gasteiger partial charge is 0.305 e. The Balaban J connectivity index is 0.958. The summed E-state index contributed by atoms with van der Waals surface area (Å²) in [5.41, 5.74) is 12.3. The molecule has 0 amide bonds. The van der Waals surface area contributed by atoms with Crippen LogP contribution in [0.4, 0.5) is 0 Å². The van der Waals surface area contributed by atoms with Gasteiger partial charge < -0.3 is 9.13 Å². The molecule has 0 radical (unpaired) electrons. The quantitative estimate of drug-likeness (QED) is 0.162. The number of fused-ring (bicyclic) bond motifs is 9. The van der Waals surface area contributed by atoms with Crippen molar-refractivity contribution in [1.82, 2.24) is 27.9 Å². The maximum Gasteiger partial charge on any atom is 0.277 e. The Morgan fingerprint density at radius 1 is 0.386 bits per heavy atom. The number of para-hydroxylation sites is 4. The fourth-order valence-electron chi connectivity index (χ4n) is 10.7. The van der Waals surface area contributed by atoms with Gasteiger partial charge >= 0.3 is 0 Å². The van der Waals surface area contributed by atoms with Crippen molar-refractivity contribution in [1.29, 1.82) is 0 Å². The van der Waals surface area contributed by atoms with E-state index in [1.165, 1.54) is 0 Å². The lowest BCUT2D eigenvalue weighted by Gasteiger charge is -2.14. The zero-order valence-corrected chi connectivity index (χ0v) is 39.2. The molecule has 8 heterocycles. The number of pyridine rings is 2. The first-order valence-electron chi connectivity index (χ1n) is 24.8. The number of aromatic nitrogens is 8. The van der Waals surface area contributed by atoms with Crippen molar-refractivity contribution in [3.05, 3.63) is 214 Å². The predicted octanol–water partition coefficient (Wildman–Crippen LogP) is 11.1. The number of hydrogen-bond donors (Lipinski definition) is 0. The molecule has 0 atom stereocenters. The zero-order valence-electron chi connectivity index (χ0n) is 39.2. The molecule has 11 aromatic rings. The van der Waals surface area contributed by atoms with Crippen LogP contribution in [-0.4, -0.2) is 27.9 Å². The monoisotopic (exact) mass is 918 g/mol. The summed E-state index contributed by atoms with van der Waals surface area (Å²) in [5.74, 6) is 1.48. The summed E-state index contributed by atoms with van der Waals surface area (Å²) in [6, 6.07) is 53.8. The molecule has 12 bridgehead atoms. The average molecular weight is 919 g/mol. The Kier molecular flexibility index (Phi) is 11.5. The lowest BCUT2D eigenvalue weighted by atomic mass is 10.1. The third-order valence-corrected chi connectivity index (χ3v) is 14.0. The molecule has 0 unspecified atom stereocenters. The van der Waals surface area contributed by atoms with E-state index < -0.39 is 0 Å². The van der Waals surface area contributed by atoms with Gasteiger partial charge in [-0.1, -0.05) is 142 Å². The van der Waals surface area contributed by atoms with Gasteiger partial charge in [-0.2, -0.15) is 0 Å². The molecular weight excluding hydrogens is 865 g/mol. The van der Waals surface area contributed by atoms with Gasteiger partial charge in [0.25, 0.3) is 11.1 Å². The average Bonchev–Trinajstić information content (AvgIpc) is 4.01. The molecule has 0 spiro atoms. The summed E-state index contributed by atoms with van der Waals surface area (Å²) < 4.78 is 12.5. The molecular formula is C60H54N8O2+2. The minimum Gasteiger partial charge on any atom is -0.305 e. The van der Waals surface area contributed by atoms with E-state index in [0.29, 0.717) is 48.6 Å². The van der Waals surface area contributed by atoms with Crippen LogP contribution >= 0.6 is 0 Å². The van der Waals surface area contributed by atoms with Crippen molar-refractivity contribution in [3.8, 4) is 45.3 Å². The topological polar surface area (TPSA) is 86.4 Å². The maximum absolute atomic E-state index is 14.9. The highest BCUT2D eigenvalue weighted by Gasteiger charge is 2.25. The lowest BCUT2D eigenvalue weighted by Crippen LogP contribution is -2.35. The number of hydrogen-bond acceptors (Lipinski definition) is 4. The summed E-state index contributed by atoms with van der Waals surface area (Å²) >= 11 is 0. The second kappa shape index (κ2) is 18.7. The van der Waals surface area contributed by atoms with Crippen LogP contribution in [0.3, 0.4) is 0 Å². The van der Waals surface area contributed by atoms with E-state index in [1.807, 2.05) is 81.9 Å². The van der Waals surface area contributed by atoms with Crippen LogP contribution < -0.4 is 20.3 Å². The van der Waals surface area contributed by atoms with Crippen LogP contribution in [0.2, 0.25) is 0 Å². The third-order valence-electron chi connectivity index (χ3n) is 14.0. The van der Waals surface area contributed by atoms with Crippen LogP contribution in [0.1, 0.15) is 62.5 Å². The van der Waals surface area contributed by atoms with Crippen LogP contribution in [-0.2, 0) is 26.2 Å². The molecule has 0 aliphatic carbocycles. The predicted molar refractivity (Wildman–Crippen MR) is 278 cm³/mol. The summed E-state index contributed by atoms with van der Waals surface area (Å²) in [5, 5.41) is 0. The third kappa shape index (κ3) is 7.98. The van der Waals surface area contributed by atoms with Gasteiger partial charge in [-0.05, 0) is 55.3 Å². The van der Waals surface area contributed by atoms with Gasteiger partial charge in [0.05, 0.1) is 33.2 Å². The minimum absolute atomic E-state index is 0.0217. The standard InChI is InChI=1S/C60H54N8O2/c69-59-55-53(45-24-9-7-10-25-45)61-57-47-28-20-34-63(41-47)39-43-22-19-23-44(38-43)40-64-35-21-29-48(42-64)58-62-54(46-26-11-8-12-27-46)56-60(70)66(50-31-14-16-33-52(50)68(56)58)37-18-6-4-2-1-3-5-17-36-65(59)49-30-13-15-32-51(49)67(55)57/h7-16,19-35,38,41-42H,1-6,17-18,36-37,39-40H2/q+2. The van der Waals surface area contributed by atoms with Crippen molar-refractivity contribution < 1.29 is 9.13 Å². The van der Waals surface area contributed by atoms with Crippen LogP contribution in [0.15, 0.2) is 192 Å². The van der Waals surface area contributed by atoms with E-state index >= 15 is 0 Å². The molecule has 2 aliphatic heterocycles. The normalized spacial score (nSPS) is 14.0. The highest BCUT2D eigenvalue weighted by atomic mass is 16.1. The van der Waals surface area contributed by atoms with Gasteiger partial charge in [-0.15, -0.1) is 0 Å². The summed E-state index contributed by atoms with van der Waals surface area (Å²) in [6.07, 6.45) is 16.8. The van der Waals surface area contributed by atoms with E-state index in [1.54, 1.807) is 0 Å². The van der Waals surface area contributed by atoms with Gasteiger partial charge in [0, 0.05) is 47.5 Å². The Labute approximate surface area is 405 Å². The van der Waals surface area contributed by atoms with Crippen LogP contribution in [0, 0.1) is 0 Å². The molecule has 344 valence electrons. The van der Waals surface area contributed by atoms with Gasteiger partial charge in [-0.3, -0.25) is 18.4 Å². The van der Waals surface area contributed by atoms with Gasteiger partial charge in [0.2, 0.25) is 0 Å². The molecule has 6 aromatic heterocycles. The Morgan fingerprint density at radius 3 is 1.21 bits per heavy atom. The lowest BCUT2D eigenvalue weighted by molar-refractivity contribution is -0.688. The molecule has 0 saturated heterocycles. The zero-order chi connectivity index (χ0) is 47.0. The molecule has 70 heavy (non-hydrogen) atoms. The van der Waals surface area contributed by atoms with Crippen molar-refractivity contribution >= 4 is 33.1 Å². The molecule has 10 heteroatoms. The molecule has 2 aliphatic rings. The molecule has 0 saturated carbocycles. The first-order chi connectivity index (χ1) is 34.6. The summed E-state index contributed by atoms with van der Waals surface area (Å²) in [7, 11) is 0. The van der Waals surface area contributed by atoms with Gasteiger partial charge in [0.15, 0.2) is 49.5 Å². The fourth-order valence-corrected chi connectivity index (χ4v) is 10.7. The number of benzene rings is 5. The highest BCUT2D eigenvalue weighted by molar-refractivity contribution is 5.90. The van der Waals surface area contributed by atoms with Crippen LogP contribution in [0.25, 0.3) is 78.4 Å². The fraction of sp³-hybridized carbons (Fsp3) is 0.200. The van der Waals surface area contributed by atoms with Crippen molar-refractivity contribution in [2.45, 2.75) is 77.5 Å². The van der Waals surface area contributed by atoms with Crippen molar-refractivity contribution in [2.75, 3.05) is 0 Å². The molecule has 13 rings (SSSR count). The maximum atomic E-state index is 14.9. The van der Waals surface area contributed by atoms with E-state index in [4.69, 9.17) is 9.97 Å². The number of aryl methyl sites for hydroxylation is 2. The van der Waals surface area contributed by atoms with Crippen molar-refractivity contribution in [2.24, 2.45) is 0 Å². The highest BCUT2D eigenvalue weighted by Crippen LogP contribution is 2.33. The second-order valence-corrected chi connectivity index (χ2v) is 18.7. The molecule has 5 aromatic carbocycles. The van der Waals surface area contributed by atoms with E-state index in [0.717, 1.165) is 118 Å². The number of rotatable bonds is 2. The number of imidazole rings is 2. The first-order valence-corrected chi connectivity index (χ1v) is 24.8. The molecule has 10 nitrogen and oxygen atoms in total. The summed E-state index contributed by atoms with van der Waals surface area (Å²) in [6.45, 7) is 2.55. The second-order valence-electron chi connectivity index (χ2n) is 18.7. The Morgan fingerprint density at radius 2 is 0.771 bits per heavy atom. The summed E-state index contributed by atoms with van der Waals surface area (Å²) in [4.78, 5) is 40.5. The van der Waals surface area contributed by atoms with E-state index in [9.17, 15) is 9.59 Å². The Bertz CT molecular complexity index is 3600. The molecule has 0 N–H and O–H groups in total. The van der Waals surface area contributed by atoms with Gasteiger partial charge in [0.1, 0.15) is 22.4 Å². The van der Waals surface area contributed by atoms with E-state index in [2.05, 4.69) is 128 Å². The van der Waals surface area contributed by atoms with Gasteiger partial charge in [-0.25, -0.2) is 19.1 Å². The molecule has 0 fully saturated rings. The van der Waals surface area contributed by atoms with Crippen molar-refractivity contribution in [3.63, 3.8) is 0 Å². The number of nitrogens with zero attached hydrogens (tertiary/aromatic N) is 8. The van der Waals surface area contributed by atoms with Crippen LogP contribution in [0.5, 0.6) is 0 Å². The first kappa shape index (κ1) is 43.1. The van der Waals surface area contributed by atoms with E-state index in [-0.39, 0.29) is 11.1 Å².